The largest absolute Gasteiger partial charge is 0.480 e. The lowest BCUT2D eigenvalue weighted by Crippen LogP contribution is -2.48. The summed E-state index contributed by atoms with van der Waals surface area (Å²) in [6, 6.07) is 9.50. The summed E-state index contributed by atoms with van der Waals surface area (Å²) in [4.78, 5) is 12.5. The number of aliphatic hydroxyl groups excluding tert-OH is 2. The van der Waals surface area contributed by atoms with E-state index in [1.54, 1.807) is 4.31 Å². The number of nitrogens with two attached hydrogens (primary N) is 1. The Morgan fingerprint density at radius 1 is 1.36 bits per heavy atom. The Balaban J connectivity index is 1.95. The summed E-state index contributed by atoms with van der Waals surface area (Å²) in [6.07, 6.45) is -0.831. The van der Waals surface area contributed by atoms with E-state index in [2.05, 4.69) is 0 Å². The van der Waals surface area contributed by atoms with Gasteiger partial charge in [-0.1, -0.05) is 30.3 Å². The minimum atomic E-state index is -1.36. The van der Waals surface area contributed by atoms with Gasteiger partial charge in [0.15, 0.2) is 11.9 Å². The maximum absolute atomic E-state index is 11.0. The van der Waals surface area contributed by atoms with Crippen molar-refractivity contribution < 1.29 is 20.1 Å². The molecular weight excluding hydrogens is 306 g/mol. The molecule has 0 radical (unpaired) electrons. The van der Waals surface area contributed by atoms with Crippen molar-refractivity contribution in [1.29, 1.82) is 0 Å². The van der Waals surface area contributed by atoms with Gasteiger partial charge in [0, 0.05) is 13.1 Å². The van der Waals surface area contributed by atoms with Crippen LogP contribution in [0.15, 0.2) is 30.3 Å². The number of carboxylic acids is 1. The third kappa shape index (κ3) is 3.97. The molecule has 0 saturated carbocycles. The molecule has 2 unspecified atom stereocenters. The van der Waals surface area contributed by atoms with E-state index < -0.39 is 23.4 Å². The van der Waals surface area contributed by atoms with Crippen LogP contribution in [-0.2, 0) is 11.3 Å². The number of carbonyl (C=O) groups is 1. The Kier molecular flexibility index (Phi) is 5.43. The average molecular weight is 327 g/mol. The molecule has 2 rings (SSSR count). The number of hydrogen-bond acceptors (Lipinski definition) is 7. The van der Waals surface area contributed by atoms with E-state index in [4.69, 9.17) is 10.8 Å². The molecule has 5 N–H and O–H groups in total. The topological polar surface area (TPSA) is 110 Å². The standard InChI is InChI=1S/C14H21N3O4S/c1-14(15,11(18)19)7-8-17-12(20)16(13(21)22-17)9-10-5-3-2-4-6-10/h2-6,12-13,20-21H,7-9,15H2,1H3,(H,18,19)/t12?,13?,14-/m1/s1. The van der Waals surface area contributed by atoms with Gasteiger partial charge in [-0.2, -0.15) is 0 Å². The Labute approximate surface area is 133 Å². The van der Waals surface area contributed by atoms with Gasteiger partial charge >= 0.3 is 5.97 Å². The first-order valence-electron chi connectivity index (χ1n) is 6.93. The van der Waals surface area contributed by atoms with Gasteiger partial charge in [-0.05, 0) is 30.9 Å². The van der Waals surface area contributed by atoms with E-state index in [0.29, 0.717) is 6.54 Å². The lowest BCUT2D eigenvalue weighted by atomic mass is 10.00. The van der Waals surface area contributed by atoms with Crippen molar-refractivity contribution in [3.63, 3.8) is 0 Å². The fourth-order valence-electron chi connectivity index (χ4n) is 2.09. The molecule has 1 aliphatic heterocycles. The van der Waals surface area contributed by atoms with Crippen LogP contribution in [0.1, 0.15) is 18.9 Å². The number of carboxylic acid groups (broad SMARTS) is 1. The van der Waals surface area contributed by atoms with Gasteiger partial charge < -0.3 is 21.1 Å². The van der Waals surface area contributed by atoms with Crippen molar-refractivity contribution in [2.45, 2.75) is 37.3 Å². The molecular formula is C14H21N3O4S. The Morgan fingerprint density at radius 2 is 2.00 bits per heavy atom. The van der Waals surface area contributed by atoms with E-state index in [1.165, 1.54) is 11.8 Å². The highest BCUT2D eigenvalue weighted by atomic mass is 32.2. The molecule has 22 heavy (non-hydrogen) atoms. The molecule has 1 aliphatic rings. The van der Waals surface area contributed by atoms with E-state index in [0.717, 1.165) is 17.5 Å². The van der Waals surface area contributed by atoms with Gasteiger partial charge in [0.25, 0.3) is 0 Å². The minimum Gasteiger partial charge on any atom is -0.480 e. The zero-order chi connectivity index (χ0) is 16.3. The van der Waals surface area contributed by atoms with Gasteiger partial charge in [-0.25, -0.2) is 9.21 Å². The van der Waals surface area contributed by atoms with Crippen LogP contribution in [0.3, 0.4) is 0 Å². The summed E-state index contributed by atoms with van der Waals surface area (Å²) in [5.41, 5.74) is 4.40. The molecule has 0 spiro atoms. The molecule has 1 aromatic rings. The molecule has 8 heteroatoms. The van der Waals surface area contributed by atoms with Crippen LogP contribution in [0.5, 0.6) is 0 Å². The molecule has 1 heterocycles. The lowest BCUT2D eigenvalue weighted by molar-refractivity contribution is -0.143. The zero-order valence-corrected chi connectivity index (χ0v) is 13.1. The normalized spacial score (nSPS) is 26.0. The van der Waals surface area contributed by atoms with Crippen molar-refractivity contribution in [2.24, 2.45) is 5.73 Å². The fraction of sp³-hybridized carbons (Fsp3) is 0.500. The summed E-state index contributed by atoms with van der Waals surface area (Å²) in [7, 11) is 0. The van der Waals surface area contributed by atoms with Gasteiger partial charge in [0.2, 0.25) is 0 Å². The third-order valence-corrected chi connectivity index (χ3v) is 4.72. The summed E-state index contributed by atoms with van der Waals surface area (Å²) < 4.78 is 1.54. The predicted molar refractivity (Wildman–Crippen MR) is 83.1 cm³/mol. The SMILES string of the molecule is C[C@@](N)(CCN1SC(O)N(Cc2ccccc2)C1O)C(=O)O. The number of nitrogens with zero attached hydrogens (tertiary/aromatic N) is 2. The van der Waals surface area contributed by atoms with Crippen molar-refractivity contribution in [2.75, 3.05) is 6.54 Å². The Bertz CT molecular complexity index is 514. The zero-order valence-electron chi connectivity index (χ0n) is 12.3. The maximum atomic E-state index is 11.0. The van der Waals surface area contributed by atoms with Crippen LogP contribution in [0.25, 0.3) is 0 Å². The number of hydrogen-bond donors (Lipinski definition) is 4. The van der Waals surface area contributed by atoms with Crippen LogP contribution < -0.4 is 5.73 Å². The first-order chi connectivity index (χ1) is 10.3. The number of benzene rings is 1. The summed E-state index contributed by atoms with van der Waals surface area (Å²) in [5, 5.41) is 29.4. The highest BCUT2D eigenvalue weighted by Gasteiger charge is 2.39. The molecule has 0 amide bonds. The van der Waals surface area contributed by atoms with E-state index >= 15 is 0 Å². The van der Waals surface area contributed by atoms with Crippen LogP contribution in [0, 0.1) is 0 Å². The van der Waals surface area contributed by atoms with Crippen LogP contribution in [0.4, 0.5) is 0 Å². The average Bonchev–Trinajstić information content (AvgIpc) is 2.74. The summed E-state index contributed by atoms with van der Waals surface area (Å²) in [6.45, 7) is 2.08. The van der Waals surface area contributed by atoms with Crippen molar-refractivity contribution >= 4 is 17.9 Å². The fourth-order valence-corrected chi connectivity index (χ4v) is 3.06. The van der Waals surface area contributed by atoms with E-state index in [1.807, 2.05) is 30.3 Å². The number of aliphatic hydroxyl groups is 2. The first kappa shape index (κ1) is 17.2. The second kappa shape index (κ2) is 6.95. The maximum Gasteiger partial charge on any atom is 0.323 e. The molecule has 7 nitrogen and oxygen atoms in total. The Morgan fingerprint density at radius 3 is 2.59 bits per heavy atom. The van der Waals surface area contributed by atoms with Crippen LogP contribution in [-0.4, -0.2) is 54.5 Å². The van der Waals surface area contributed by atoms with Crippen molar-refractivity contribution in [3.8, 4) is 0 Å². The molecule has 1 fully saturated rings. The van der Waals surface area contributed by atoms with Crippen molar-refractivity contribution in [3.05, 3.63) is 35.9 Å². The smallest absolute Gasteiger partial charge is 0.323 e. The lowest BCUT2D eigenvalue weighted by Gasteiger charge is -2.26. The van der Waals surface area contributed by atoms with Crippen molar-refractivity contribution in [1.82, 2.24) is 9.21 Å². The van der Waals surface area contributed by atoms with E-state index in [9.17, 15) is 15.0 Å². The van der Waals surface area contributed by atoms with Gasteiger partial charge in [-0.15, -0.1) is 0 Å². The third-order valence-electron chi connectivity index (χ3n) is 3.62. The monoisotopic (exact) mass is 327 g/mol. The molecule has 0 aliphatic carbocycles. The van der Waals surface area contributed by atoms with E-state index in [-0.39, 0.29) is 13.0 Å². The predicted octanol–water partition coefficient (Wildman–Crippen LogP) is 0.196. The molecule has 0 bridgehead atoms. The summed E-state index contributed by atoms with van der Waals surface area (Å²) in [5.74, 6) is -1.09. The molecule has 1 saturated heterocycles. The second-order valence-corrected chi connectivity index (χ2v) is 6.65. The van der Waals surface area contributed by atoms with Gasteiger partial charge in [0.05, 0.1) is 0 Å². The number of aliphatic carboxylic acids is 1. The minimum absolute atomic E-state index is 0.165. The summed E-state index contributed by atoms with van der Waals surface area (Å²) >= 11 is 1.07. The van der Waals surface area contributed by atoms with Gasteiger partial charge in [-0.3, -0.25) is 4.79 Å². The number of rotatable bonds is 6. The molecule has 3 atom stereocenters. The molecule has 0 aromatic heterocycles. The highest BCUT2D eigenvalue weighted by Crippen LogP contribution is 2.33. The second-order valence-electron chi connectivity index (χ2n) is 5.55. The Hall–Kier alpha value is -1.16. The highest BCUT2D eigenvalue weighted by molar-refractivity contribution is 7.97. The van der Waals surface area contributed by atoms with Crippen LogP contribution >= 0.6 is 11.9 Å². The molecule has 1 aromatic carbocycles. The quantitative estimate of drug-likeness (QED) is 0.548. The van der Waals surface area contributed by atoms with Gasteiger partial charge in [0.1, 0.15) is 5.54 Å². The van der Waals surface area contributed by atoms with Crippen LogP contribution in [0.2, 0.25) is 0 Å². The molecule has 122 valence electrons. The first-order valence-corrected chi connectivity index (χ1v) is 7.76.